The van der Waals surface area contributed by atoms with Gasteiger partial charge in [-0.2, -0.15) is 0 Å². The average molecular weight is 438 g/mol. The van der Waals surface area contributed by atoms with E-state index in [0.29, 0.717) is 28.0 Å². The number of rotatable bonds is 5. The summed E-state index contributed by atoms with van der Waals surface area (Å²) >= 11 is 12.0. The zero-order valence-corrected chi connectivity index (χ0v) is 17.6. The first-order valence-electron chi connectivity index (χ1n) is 9.25. The van der Waals surface area contributed by atoms with E-state index in [1.165, 1.54) is 5.56 Å². The Morgan fingerprint density at radius 2 is 1.83 bits per heavy atom. The summed E-state index contributed by atoms with van der Waals surface area (Å²) in [5.41, 5.74) is 3.73. The van der Waals surface area contributed by atoms with Crippen LogP contribution >= 0.6 is 23.2 Å². The van der Waals surface area contributed by atoms with Crippen molar-refractivity contribution >= 4 is 41.1 Å². The highest BCUT2D eigenvalue weighted by molar-refractivity contribution is 6.42. The van der Waals surface area contributed by atoms with Crippen molar-refractivity contribution in [3.05, 3.63) is 105 Å². The lowest BCUT2D eigenvalue weighted by Crippen LogP contribution is -2.05. The predicted octanol–water partition coefficient (Wildman–Crippen LogP) is 6.23. The number of benzene rings is 3. The Morgan fingerprint density at radius 1 is 1.00 bits per heavy atom. The maximum atomic E-state index is 12.3. The smallest absolute Gasteiger partial charge is 0.363 e. The van der Waals surface area contributed by atoms with E-state index in [9.17, 15) is 4.79 Å². The van der Waals surface area contributed by atoms with Crippen LogP contribution in [0.1, 0.15) is 22.3 Å². The van der Waals surface area contributed by atoms with E-state index < -0.39 is 5.97 Å². The molecule has 0 amide bonds. The monoisotopic (exact) mass is 437 g/mol. The van der Waals surface area contributed by atoms with E-state index in [4.69, 9.17) is 32.7 Å². The normalized spacial score (nSPS) is 14.6. The van der Waals surface area contributed by atoms with Crippen molar-refractivity contribution in [2.45, 2.75) is 13.5 Å². The lowest BCUT2D eigenvalue weighted by molar-refractivity contribution is -0.129. The largest absolute Gasteiger partial charge is 0.488 e. The number of hydrogen-bond donors (Lipinski definition) is 0. The SMILES string of the molecule is Cc1cccc(COc2ccccc2/C=C2\N=C(c3ccc(Cl)c(Cl)c3)OC2=O)c1. The number of ether oxygens (including phenoxy) is 2. The van der Waals surface area contributed by atoms with E-state index in [-0.39, 0.29) is 11.6 Å². The number of halogens is 2. The van der Waals surface area contributed by atoms with Gasteiger partial charge in [-0.05, 0) is 42.8 Å². The van der Waals surface area contributed by atoms with Crippen LogP contribution in [-0.4, -0.2) is 11.9 Å². The Balaban J connectivity index is 1.59. The van der Waals surface area contributed by atoms with Crippen LogP contribution in [0.3, 0.4) is 0 Å². The molecule has 150 valence electrons. The van der Waals surface area contributed by atoms with Crippen molar-refractivity contribution in [3.8, 4) is 5.75 Å². The highest BCUT2D eigenvalue weighted by Crippen LogP contribution is 2.28. The Labute approximate surface area is 184 Å². The number of carbonyl (C=O) groups excluding carboxylic acids is 1. The van der Waals surface area contributed by atoms with Gasteiger partial charge in [-0.25, -0.2) is 9.79 Å². The third kappa shape index (κ3) is 4.56. The number of aliphatic imine (C=N–C) groups is 1. The minimum absolute atomic E-state index is 0.183. The van der Waals surface area contributed by atoms with Gasteiger partial charge in [-0.3, -0.25) is 0 Å². The van der Waals surface area contributed by atoms with Gasteiger partial charge in [0.25, 0.3) is 0 Å². The number of hydrogen-bond acceptors (Lipinski definition) is 4. The molecule has 1 aliphatic heterocycles. The molecule has 30 heavy (non-hydrogen) atoms. The summed E-state index contributed by atoms with van der Waals surface area (Å²) < 4.78 is 11.3. The van der Waals surface area contributed by atoms with E-state index in [2.05, 4.69) is 11.1 Å². The molecule has 0 N–H and O–H groups in total. The van der Waals surface area contributed by atoms with Gasteiger partial charge >= 0.3 is 5.97 Å². The summed E-state index contributed by atoms with van der Waals surface area (Å²) in [6.07, 6.45) is 1.65. The first-order chi connectivity index (χ1) is 14.5. The zero-order valence-electron chi connectivity index (χ0n) is 16.1. The van der Waals surface area contributed by atoms with Crippen LogP contribution in [0, 0.1) is 6.92 Å². The summed E-state index contributed by atoms with van der Waals surface area (Å²) in [4.78, 5) is 16.7. The number of aryl methyl sites for hydroxylation is 1. The van der Waals surface area contributed by atoms with Crippen LogP contribution in [0.4, 0.5) is 0 Å². The van der Waals surface area contributed by atoms with Gasteiger partial charge in [0.2, 0.25) is 5.90 Å². The molecule has 0 atom stereocenters. The van der Waals surface area contributed by atoms with Crippen LogP contribution in [0.15, 0.2) is 77.4 Å². The topological polar surface area (TPSA) is 47.9 Å². The lowest BCUT2D eigenvalue weighted by atomic mass is 10.1. The average Bonchev–Trinajstić information content (AvgIpc) is 3.10. The maximum absolute atomic E-state index is 12.3. The van der Waals surface area contributed by atoms with Crippen LogP contribution in [0.5, 0.6) is 5.75 Å². The molecule has 4 rings (SSSR count). The first kappa shape index (κ1) is 20.2. The van der Waals surface area contributed by atoms with Gasteiger partial charge in [-0.15, -0.1) is 0 Å². The van der Waals surface area contributed by atoms with Gasteiger partial charge in [-0.1, -0.05) is 71.2 Å². The van der Waals surface area contributed by atoms with Crippen molar-refractivity contribution in [3.63, 3.8) is 0 Å². The molecule has 3 aromatic carbocycles. The van der Waals surface area contributed by atoms with Crippen molar-refractivity contribution in [1.29, 1.82) is 0 Å². The molecule has 0 aromatic heterocycles. The molecule has 0 aliphatic carbocycles. The molecule has 0 saturated carbocycles. The van der Waals surface area contributed by atoms with E-state index in [1.807, 2.05) is 49.4 Å². The molecule has 0 spiro atoms. The maximum Gasteiger partial charge on any atom is 0.363 e. The molecule has 4 nitrogen and oxygen atoms in total. The third-order valence-electron chi connectivity index (χ3n) is 4.48. The van der Waals surface area contributed by atoms with Gasteiger partial charge in [0, 0.05) is 11.1 Å². The second-order valence-corrected chi connectivity index (χ2v) is 7.59. The number of carbonyl (C=O) groups is 1. The van der Waals surface area contributed by atoms with E-state index in [0.717, 1.165) is 11.1 Å². The molecule has 0 unspecified atom stereocenters. The fourth-order valence-electron chi connectivity index (χ4n) is 3.00. The molecule has 6 heteroatoms. The minimum atomic E-state index is -0.537. The Hall–Kier alpha value is -3.08. The van der Waals surface area contributed by atoms with Crippen molar-refractivity contribution in [2.75, 3.05) is 0 Å². The number of nitrogens with zero attached hydrogens (tertiary/aromatic N) is 1. The summed E-state index contributed by atoms with van der Waals surface area (Å²) in [6, 6.07) is 20.5. The van der Waals surface area contributed by atoms with E-state index in [1.54, 1.807) is 24.3 Å². The highest BCUT2D eigenvalue weighted by Gasteiger charge is 2.25. The number of esters is 1. The quantitative estimate of drug-likeness (QED) is 0.351. The minimum Gasteiger partial charge on any atom is -0.488 e. The van der Waals surface area contributed by atoms with Crippen LogP contribution in [0.25, 0.3) is 6.08 Å². The van der Waals surface area contributed by atoms with Crippen molar-refractivity contribution < 1.29 is 14.3 Å². The molecule has 0 bridgehead atoms. The van der Waals surface area contributed by atoms with Gasteiger partial charge < -0.3 is 9.47 Å². The third-order valence-corrected chi connectivity index (χ3v) is 5.21. The standard InChI is InChI=1S/C24H17Cl2NO3/c1-15-5-4-6-16(11-15)14-29-22-8-3-2-7-17(22)13-21-24(28)30-23(27-21)18-9-10-19(25)20(26)12-18/h2-13H,14H2,1H3/b21-13-. The predicted molar refractivity (Wildman–Crippen MR) is 119 cm³/mol. The Bertz CT molecular complexity index is 1180. The number of para-hydroxylation sites is 1. The second-order valence-electron chi connectivity index (χ2n) is 6.78. The summed E-state index contributed by atoms with van der Waals surface area (Å²) in [5.74, 6) is 0.296. The number of cyclic esters (lactones) is 1. The molecule has 0 fully saturated rings. The summed E-state index contributed by atoms with van der Waals surface area (Å²) in [7, 11) is 0. The summed E-state index contributed by atoms with van der Waals surface area (Å²) in [5, 5.41) is 0.779. The van der Waals surface area contributed by atoms with Gasteiger partial charge in [0.05, 0.1) is 10.0 Å². The van der Waals surface area contributed by atoms with Crippen molar-refractivity contribution in [2.24, 2.45) is 4.99 Å². The van der Waals surface area contributed by atoms with E-state index >= 15 is 0 Å². The lowest BCUT2D eigenvalue weighted by Gasteiger charge is -2.09. The van der Waals surface area contributed by atoms with Crippen molar-refractivity contribution in [1.82, 2.24) is 0 Å². The summed E-state index contributed by atoms with van der Waals surface area (Å²) in [6.45, 7) is 2.46. The Morgan fingerprint density at radius 3 is 2.63 bits per heavy atom. The molecular weight excluding hydrogens is 421 g/mol. The fraction of sp³-hybridized carbons (Fsp3) is 0.0833. The Kier molecular flexibility index (Phi) is 5.88. The fourth-order valence-corrected chi connectivity index (χ4v) is 3.30. The zero-order chi connectivity index (χ0) is 21.1. The van der Waals surface area contributed by atoms with Gasteiger partial charge in [0.15, 0.2) is 5.70 Å². The molecule has 1 aliphatic rings. The molecule has 0 radical (unpaired) electrons. The van der Waals surface area contributed by atoms with Crippen LogP contribution in [0.2, 0.25) is 10.0 Å². The van der Waals surface area contributed by atoms with Crippen LogP contribution < -0.4 is 4.74 Å². The molecule has 0 saturated heterocycles. The molecule has 1 heterocycles. The first-order valence-corrected chi connectivity index (χ1v) is 10.0. The second kappa shape index (κ2) is 8.74. The highest BCUT2D eigenvalue weighted by atomic mass is 35.5. The molecular formula is C24H17Cl2NO3. The van der Waals surface area contributed by atoms with Gasteiger partial charge in [0.1, 0.15) is 12.4 Å². The van der Waals surface area contributed by atoms with Crippen LogP contribution in [-0.2, 0) is 16.1 Å². The molecule has 3 aromatic rings.